The molecule has 0 heterocycles. The molecule has 0 saturated heterocycles. The zero-order chi connectivity index (χ0) is 33.2. The Bertz CT molecular complexity index is 1460. The minimum Gasteiger partial charge on any atom is -0.479 e. The molecule has 0 bridgehead atoms. The van der Waals surface area contributed by atoms with Crippen molar-refractivity contribution in [3.8, 4) is 11.5 Å². The van der Waals surface area contributed by atoms with Crippen LogP contribution in [0.5, 0.6) is 11.5 Å². The van der Waals surface area contributed by atoms with Gasteiger partial charge in [-0.1, -0.05) is 41.4 Å². The Hall–Kier alpha value is -3.51. The number of rotatable bonds is 10. The van der Waals surface area contributed by atoms with E-state index in [-0.39, 0.29) is 38.9 Å². The third-order valence-electron chi connectivity index (χ3n) is 5.92. The summed E-state index contributed by atoms with van der Waals surface area (Å²) in [5, 5.41) is 8.46. The highest BCUT2D eigenvalue weighted by Gasteiger charge is 2.31. The summed E-state index contributed by atoms with van der Waals surface area (Å²) in [5.41, 5.74) is 1.96. The summed E-state index contributed by atoms with van der Waals surface area (Å²) in [6.45, 7) is 6.16. The number of benzene rings is 3. The maximum atomic E-state index is 12.7. The molecule has 3 rings (SSSR count). The van der Waals surface area contributed by atoms with Gasteiger partial charge in [0.2, 0.25) is 5.91 Å². The number of esters is 1. The fraction of sp³-hybridized carbons (Fsp3) is 0.300. The number of amides is 1. The van der Waals surface area contributed by atoms with Gasteiger partial charge in [-0.25, -0.2) is 9.59 Å². The normalized spacial score (nSPS) is 11.6. The Kier molecular flexibility index (Phi) is 13.8. The molecule has 0 fully saturated rings. The number of aryl methyl sites for hydroxylation is 2. The van der Waals surface area contributed by atoms with Crippen LogP contribution in [0.3, 0.4) is 0 Å². The van der Waals surface area contributed by atoms with Crippen molar-refractivity contribution in [3.63, 3.8) is 0 Å². The molecule has 0 unspecified atom stereocenters. The first-order chi connectivity index (χ1) is 20.6. The molecule has 0 aliphatic carbocycles. The van der Waals surface area contributed by atoms with Crippen LogP contribution < -0.4 is 9.64 Å². The van der Waals surface area contributed by atoms with E-state index in [0.717, 1.165) is 41.9 Å². The van der Waals surface area contributed by atoms with Gasteiger partial charge in [0.1, 0.15) is 17.4 Å². The first kappa shape index (κ1) is 36.7. The van der Waals surface area contributed by atoms with Gasteiger partial charge in [-0.3, -0.25) is 4.79 Å². The van der Waals surface area contributed by atoms with Crippen LogP contribution in [0.2, 0.25) is 10.0 Å². The van der Waals surface area contributed by atoms with Gasteiger partial charge in [0.05, 0.1) is 27.8 Å². The van der Waals surface area contributed by atoms with Gasteiger partial charge in [-0.2, -0.15) is 13.2 Å². The average Bonchev–Trinajstić information content (AvgIpc) is 2.95. The van der Waals surface area contributed by atoms with Crippen molar-refractivity contribution < 1.29 is 46.9 Å². The number of carbonyl (C=O) groups is 3. The monoisotopic (exact) mass is 677 g/mol. The number of methoxy groups -OCH3 is 1. The van der Waals surface area contributed by atoms with E-state index >= 15 is 0 Å². The molecule has 0 saturated carbocycles. The summed E-state index contributed by atoms with van der Waals surface area (Å²) in [5.74, 6) is -2.50. The first-order valence-electron chi connectivity index (χ1n) is 12.8. The van der Waals surface area contributed by atoms with Crippen LogP contribution in [0.1, 0.15) is 34.0 Å². The maximum absolute atomic E-state index is 12.7. The maximum Gasteiger partial charge on any atom is 0.416 e. The summed E-state index contributed by atoms with van der Waals surface area (Å²) in [7, 11) is 1.62. The molecule has 0 aromatic heterocycles. The second-order valence-electron chi connectivity index (χ2n) is 9.18. The zero-order valence-corrected chi connectivity index (χ0v) is 26.3. The van der Waals surface area contributed by atoms with E-state index in [2.05, 4.69) is 0 Å². The molecular weight excluding hydrogens is 650 g/mol. The number of halogens is 6. The fourth-order valence-electron chi connectivity index (χ4n) is 3.73. The van der Waals surface area contributed by atoms with E-state index in [1.165, 1.54) is 12.1 Å². The number of ether oxygens (including phenoxy) is 3. The third kappa shape index (κ3) is 10.3. The van der Waals surface area contributed by atoms with E-state index in [1.807, 2.05) is 32.0 Å². The SMILES string of the molecule is COCCN(C(=O)CCl)c1c(C)cccc1C.C[C@H](OC(=O)c1cc(Oc2ccc(C(F)(F)F)cc2Cl)ccc1Cl)C(=O)O. The van der Waals surface area contributed by atoms with Crippen LogP contribution in [0.15, 0.2) is 54.6 Å². The Balaban J connectivity index is 0.000000342. The summed E-state index contributed by atoms with van der Waals surface area (Å²) < 4.78 is 53.2. The molecule has 3 aromatic rings. The highest BCUT2D eigenvalue weighted by molar-refractivity contribution is 6.33. The number of anilines is 1. The molecule has 1 N–H and O–H groups in total. The summed E-state index contributed by atoms with van der Waals surface area (Å²) in [6.07, 6.45) is -5.96. The van der Waals surface area contributed by atoms with Gasteiger partial charge < -0.3 is 24.2 Å². The molecule has 3 aromatic carbocycles. The number of carboxylic acid groups (broad SMARTS) is 1. The number of alkyl halides is 4. The summed E-state index contributed by atoms with van der Waals surface area (Å²) >= 11 is 17.4. The predicted octanol–water partition coefficient (Wildman–Crippen LogP) is 7.96. The average molecular weight is 679 g/mol. The summed E-state index contributed by atoms with van der Waals surface area (Å²) in [4.78, 5) is 36.4. The molecule has 0 aliphatic heterocycles. The Labute approximate surface area is 267 Å². The Morgan fingerprint density at radius 3 is 2.14 bits per heavy atom. The lowest BCUT2D eigenvalue weighted by atomic mass is 10.1. The van der Waals surface area contributed by atoms with Crippen LogP contribution in [0.25, 0.3) is 0 Å². The van der Waals surface area contributed by atoms with Crippen molar-refractivity contribution in [2.75, 3.05) is 31.0 Å². The van der Waals surface area contributed by atoms with Crippen LogP contribution in [0.4, 0.5) is 18.9 Å². The lowest BCUT2D eigenvalue weighted by molar-refractivity contribution is -0.146. The predicted molar refractivity (Wildman–Crippen MR) is 161 cm³/mol. The van der Waals surface area contributed by atoms with Crippen molar-refractivity contribution in [1.29, 1.82) is 0 Å². The van der Waals surface area contributed by atoms with E-state index in [4.69, 9.17) is 54.1 Å². The molecule has 44 heavy (non-hydrogen) atoms. The largest absolute Gasteiger partial charge is 0.479 e. The number of hydrogen-bond acceptors (Lipinski definition) is 6. The molecule has 1 atom stereocenters. The lowest BCUT2D eigenvalue weighted by Crippen LogP contribution is -2.35. The van der Waals surface area contributed by atoms with Gasteiger partial charge in [-0.05, 0) is 68.3 Å². The van der Waals surface area contributed by atoms with Crippen molar-refractivity contribution in [2.45, 2.75) is 33.1 Å². The second kappa shape index (κ2) is 16.5. The Morgan fingerprint density at radius 2 is 1.61 bits per heavy atom. The molecule has 1 amide bonds. The van der Waals surface area contributed by atoms with Crippen molar-refractivity contribution >= 4 is 58.3 Å². The number of carboxylic acids is 1. The van der Waals surface area contributed by atoms with Gasteiger partial charge in [0, 0.05) is 19.3 Å². The molecule has 238 valence electrons. The van der Waals surface area contributed by atoms with Crippen LogP contribution in [-0.4, -0.2) is 55.2 Å². The molecule has 14 heteroatoms. The molecule has 0 radical (unpaired) electrons. The quantitative estimate of drug-likeness (QED) is 0.172. The third-order valence-corrected chi connectivity index (χ3v) is 6.77. The van der Waals surface area contributed by atoms with Gasteiger partial charge >= 0.3 is 18.1 Å². The standard InChI is InChI=1S/C17H11Cl2F3O5.C13H18ClNO2/c1-8(15(23)24)26-16(25)11-7-10(3-4-12(11)18)27-14-5-2-9(6-13(14)19)17(20,21)22;1-10-5-4-6-11(2)13(10)15(7-8-17-3)12(16)9-14/h2-8H,1H3,(H,23,24);4-6H,7-9H2,1-3H3/t8-;/m0./s1. The second-order valence-corrected chi connectivity index (χ2v) is 10.3. The van der Waals surface area contributed by atoms with Crippen molar-refractivity contribution in [1.82, 2.24) is 0 Å². The van der Waals surface area contributed by atoms with E-state index in [9.17, 15) is 27.6 Å². The van der Waals surface area contributed by atoms with Crippen LogP contribution >= 0.6 is 34.8 Å². The van der Waals surface area contributed by atoms with Crippen molar-refractivity contribution in [2.24, 2.45) is 0 Å². The summed E-state index contributed by atoms with van der Waals surface area (Å²) in [6, 6.07) is 12.3. The van der Waals surface area contributed by atoms with Crippen molar-refractivity contribution in [3.05, 3.63) is 86.9 Å². The van der Waals surface area contributed by atoms with Gasteiger partial charge in [0.15, 0.2) is 6.10 Å². The highest BCUT2D eigenvalue weighted by Crippen LogP contribution is 2.37. The zero-order valence-electron chi connectivity index (χ0n) is 24.0. The highest BCUT2D eigenvalue weighted by atomic mass is 35.5. The van der Waals surface area contributed by atoms with Gasteiger partial charge in [0.25, 0.3) is 0 Å². The fourth-order valence-corrected chi connectivity index (χ4v) is 4.29. The molecular formula is C30H29Cl3F3NO7. The Morgan fingerprint density at radius 1 is 0.977 bits per heavy atom. The topological polar surface area (TPSA) is 102 Å². The number of aliphatic carboxylic acids is 1. The number of para-hydroxylation sites is 1. The lowest BCUT2D eigenvalue weighted by Gasteiger charge is -2.25. The molecule has 0 aliphatic rings. The van der Waals surface area contributed by atoms with E-state index < -0.39 is 29.8 Å². The molecule has 8 nitrogen and oxygen atoms in total. The first-order valence-corrected chi connectivity index (χ1v) is 14.1. The number of hydrogen-bond donors (Lipinski definition) is 1. The van der Waals surface area contributed by atoms with Crippen LogP contribution in [0, 0.1) is 13.8 Å². The molecule has 0 spiro atoms. The minimum absolute atomic E-state index is 0.0164. The smallest absolute Gasteiger partial charge is 0.416 e. The van der Waals surface area contributed by atoms with E-state index in [1.54, 1.807) is 12.0 Å². The van der Waals surface area contributed by atoms with Gasteiger partial charge in [-0.15, -0.1) is 11.6 Å². The number of carbonyl (C=O) groups excluding carboxylic acids is 2. The van der Waals surface area contributed by atoms with E-state index in [0.29, 0.717) is 19.2 Å². The minimum atomic E-state index is -4.56. The van der Waals surface area contributed by atoms with Crippen LogP contribution in [-0.2, 0) is 25.2 Å². The number of nitrogens with zero attached hydrogens (tertiary/aromatic N) is 1.